The first-order valence-corrected chi connectivity index (χ1v) is 4.86. The predicted octanol–water partition coefficient (Wildman–Crippen LogP) is -0.281. The molecule has 0 aromatic carbocycles. The number of ether oxygens (including phenoxy) is 1. The number of alkyl carbamates (subject to hydrolysis) is 1. The average molecular weight is 229 g/mol. The lowest BCUT2D eigenvalue weighted by Crippen LogP contribution is -2.43. The van der Waals surface area contributed by atoms with Gasteiger partial charge in [0.05, 0.1) is 6.54 Å². The van der Waals surface area contributed by atoms with E-state index in [1.165, 1.54) is 0 Å². The molecule has 90 valence electrons. The van der Waals surface area contributed by atoms with E-state index in [4.69, 9.17) is 4.74 Å². The van der Waals surface area contributed by atoms with Crippen LogP contribution in [-0.4, -0.2) is 36.2 Å². The molecular weight excluding hydrogens is 214 g/mol. The molecule has 7 nitrogen and oxygen atoms in total. The Morgan fingerprint density at radius 2 is 2.06 bits per heavy atom. The van der Waals surface area contributed by atoms with E-state index < -0.39 is 29.7 Å². The molecule has 1 aliphatic heterocycles. The molecule has 0 bridgehead atoms. The Hall–Kier alpha value is -1.79. The molecule has 1 saturated heterocycles. The van der Waals surface area contributed by atoms with Gasteiger partial charge in [-0.1, -0.05) is 0 Å². The number of hydrogen-bond donors (Lipinski definition) is 3. The lowest BCUT2D eigenvalue weighted by molar-refractivity contribution is -0.120. The number of nitrogens with one attached hydrogen (secondary N) is 3. The quantitative estimate of drug-likeness (QED) is 0.567. The van der Waals surface area contributed by atoms with Crippen molar-refractivity contribution in [2.45, 2.75) is 32.4 Å². The molecule has 7 heteroatoms. The summed E-state index contributed by atoms with van der Waals surface area (Å²) in [4.78, 5) is 33.1. The standard InChI is InChI=1S/C9H15N3O4/c1-9(2,3)16-8(15)10-4-5-6(13)12-7(14)11-5/h5H,4H2,1-3H3,(H,10,15)(H2,11,12,13,14). The molecule has 1 fully saturated rings. The average Bonchev–Trinajstić information content (AvgIpc) is 2.38. The summed E-state index contributed by atoms with van der Waals surface area (Å²) in [5.41, 5.74) is -0.592. The number of rotatable bonds is 2. The van der Waals surface area contributed by atoms with E-state index in [9.17, 15) is 14.4 Å². The summed E-state index contributed by atoms with van der Waals surface area (Å²) in [5.74, 6) is -0.457. The van der Waals surface area contributed by atoms with Crippen LogP contribution in [0.2, 0.25) is 0 Å². The fourth-order valence-electron chi connectivity index (χ4n) is 1.10. The summed E-state index contributed by atoms with van der Waals surface area (Å²) in [6.07, 6.45) is -0.624. The van der Waals surface area contributed by atoms with Crippen molar-refractivity contribution in [3.8, 4) is 0 Å². The summed E-state index contributed by atoms with van der Waals surface area (Å²) >= 11 is 0. The highest BCUT2D eigenvalue weighted by Gasteiger charge is 2.30. The number of hydrogen-bond acceptors (Lipinski definition) is 4. The molecule has 1 unspecified atom stereocenters. The van der Waals surface area contributed by atoms with Gasteiger partial charge < -0.3 is 15.4 Å². The van der Waals surface area contributed by atoms with Crippen LogP contribution in [0.15, 0.2) is 0 Å². The van der Waals surface area contributed by atoms with Gasteiger partial charge in [0.25, 0.3) is 5.91 Å². The summed E-state index contributed by atoms with van der Waals surface area (Å²) in [7, 11) is 0. The molecule has 0 aromatic rings. The van der Waals surface area contributed by atoms with Gasteiger partial charge in [-0.05, 0) is 20.8 Å². The molecule has 0 spiro atoms. The van der Waals surface area contributed by atoms with Crippen LogP contribution in [0.25, 0.3) is 0 Å². The molecule has 1 rings (SSSR count). The Bertz CT molecular complexity index is 321. The summed E-state index contributed by atoms with van der Waals surface area (Å²) in [6, 6.07) is -1.29. The number of urea groups is 1. The summed E-state index contributed by atoms with van der Waals surface area (Å²) in [5, 5.41) is 6.81. The van der Waals surface area contributed by atoms with E-state index in [0.717, 1.165) is 0 Å². The van der Waals surface area contributed by atoms with Crippen molar-refractivity contribution in [1.82, 2.24) is 16.0 Å². The Balaban J connectivity index is 2.32. The van der Waals surface area contributed by atoms with E-state index in [1.54, 1.807) is 20.8 Å². The molecule has 16 heavy (non-hydrogen) atoms. The molecule has 0 saturated carbocycles. The highest BCUT2D eigenvalue weighted by atomic mass is 16.6. The van der Waals surface area contributed by atoms with Gasteiger partial charge in [0.1, 0.15) is 11.6 Å². The van der Waals surface area contributed by atoms with Gasteiger partial charge >= 0.3 is 12.1 Å². The van der Waals surface area contributed by atoms with Crippen LogP contribution in [0.3, 0.4) is 0 Å². The molecule has 0 radical (unpaired) electrons. The van der Waals surface area contributed by atoms with Crippen LogP contribution < -0.4 is 16.0 Å². The Morgan fingerprint density at radius 1 is 1.44 bits per heavy atom. The van der Waals surface area contributed by atoms with Gasteiger partial charge in [-0.25, -0.2) is 9.59 Å². The van der Waals surface area contributed by atoms with E-state index in [-0.39, 0.29) is 6.54 Å². The van der Waals surface area contributed by atoms with Crippen molar-refractivity contribution in [2.75, 3.05) is 6.54 Å². The second-order valence-electron chi connectivity index (χ2n) is 4.40. The van der Waals surface area contributed by atoms with Crippen molar-refractivity contribution in [2.24, 2.45) is 0 Å². The normalized spacial score (nSPS) is 20.1. The van der Waals surface area contributed by atoms with Gasteiger partial charge in [0, 0.05) is 0 Å². The molecule has 4 amide bonds. The Morgan fingerprint density at radius 3 is 2.50 bits per heavy atom. The first-order valence-electron chi connectivity index (χ1n) is 4.86. The van der Waals surface area contributed by atoms with Crippen LogP contribution in [0.1, 0.15) is 20.8 Å². The van der Waals surface area contributed by atoms with Crippen LogP contribution in [0.5, 0.6) is 0 Å². The van der Waals surface area contributed by atoms with E-state index in [1.807, 2.05) is 0 Å². The lowest BCUT2D eigenvalue weighted by atomic mass is 10.2. The highest BCUT2D eigenvalue weighted by Crippen LogP contribution is 2.06. The SMILES string of the molecule is CC(C)(C)OC(=O)NCC1NC(=O)NC1=O. The number of carbonyl (C=O) groups excluding carboxylic acids is 3. The maximum Gasteiger partial charge on any atom is 0.407 e. The molecule has 1 heterocycles. The third kappa shape index (κ3) is 3.76. The molecule has 1 aliphatic rings. The van der Waals surface area contributed by atoms with Crippen LogP contribution in [0, 0.1) is 0 Å². The van der Waals surface area contributed by atoms with Crippen molar-refractivity contribution in [3.63, 3.8) is 0 Å². The minimum Gasteiger partial charge on any atom is -0.444 e. The van der Waals surface area contributed by atoms with E-state index >= 15 is 0 Å². The number of amides is 4. The fourth-order valence-corrected chi connectivity index (χ4v) is 1.10. The van der Waals surface area contributed by atoms with Gasteiger partial charge in [0.15, 0.2) is 0 Å². The third-order valence-electron chi connectivity index (χ3n) is 1.71. The molecule has 3 N–H and O–H groups in total. The second kappa shape index (κ2) is 4.38. The molecule has 1 atom stereocenters. The fraction of sp³-hybridized carbons (Fsp3) is 0.667. The topological polar surface area (TPSA) is 96.5 Å². The zero-order valence-corrected chi connectivity index (χ0v) is 9.42. The molecule has 0 aliphatic carbocycles. The van der Waals surface area contributed by atoms with Gasteiger partial charge in [-0.3, -0.25) is 10.1 Å². The van der Waals surface area contributed by atoms with Crippen molar-refractivity contribution in [1.29, 1.82) is 0 Å². The van der Waals surface area contributed by atoms with Crippen molar-refractivity contribution in [3.05, 3.63) is 0 Å². The van der Waals surface area contributed by atoms with Crippen molar-refractivity contribution < 1.29 is 19.1 Å². The number of imide groups is 1. The lowest BCUT2D eigenvalue weighted by Gasteiger charge is -2.20. The van der Waals surface area contributed by atoms with Crippen LogP contribution in [0.4, 0.5) is 9.59 Å². The zero-order valence-electron chi connectivity index (χ0n) is 9.42. The monoisotopic (exact) mass is 229 g/mol. The summed E-state index contributed by atoms with van der Waals surface area (Å²) in [6.45, 7) is 5.20. The summed E-state index contributed by atoms with van der Waals surface area (Å²) < 4.78 is 4.97. The highest BCUT2D eigenvalue weighted by molar-refractivity contribution is 6.04. The third-order valence-corrected chi connectivity index (χ3v) is 1.71. The maximum atomic E-state index is 11.2. The minimum absolute atomic E-state index is 0.00644. The largest absolute Gasteiger partial charge is 0.444 e. The smallest absolute Gasteiger partial charge is 0.407 e. The first-order chi connectivity index (χ1) is 7.28. The Labute approximate surface area is 92.9 Å². The van der Waals surface area contributed by atoms with E-state index in [2.05, 4.69) is 16.0 Å². The van der Waals surface area contributed by atoms with Crippen LogP contribution >= 0.6 is 0 Å². The predicted molar refractivity (Wildman–Crippen MR) is 54.7 cm³/mol. The number of carbonyl (C=O) groups is 3. The van der Waals surface area contributed by atoms with Gasteiger partial charge in [-0.2, -0.15) is 0 Å². The van der Waals surface area contributed by atoms with Crippen molar-refractivity contribution >= 4 is 18.0 Å². The van der Waals surface area contributed by atoms with Crippen LogP contribution in [-0.2, 0) is 9.53 Å². The first kappa shape index (κ1) is 12.3. The zero-order chi connectivity index (χ0) is 12.3. The molecular formula is C9H15N3O4. The Kier molecular flexibility index (Phi) is 3.36. The second-order valence-corrected chi connectivity index (χ2v) is 4.40. The van der Waals surface area contributed by atoms with E-state index in [0.29, 0.717) is 0 Å². The van der Waals surface area contributed by atoms with Gasteiger partial charge in [-0.15, -0.1) is 0 Å². The minimum atomic E-state index is -0.736. The van der Waals surface area contributed by atoms with Gasteiger partial charge in [0.2, 0.25) is 0 Å². The maximum absolute atomic E-state index is 11.2. The molecule has 0 aromatic heterocycles.